The molecule has 0 spiro atoms. The Morgan fingerprint density at radius 3 is 2.35 bits per heavy atom. The average molecular weight is 312 g/mol. The lowest BCUT2D eigenvalue weighted by atomic mass is 9.92. The number of nitrogens with two attached hydrogens (primary N) is 1. The summed E-state index contributed by atoms with van der Waals surface area (Å²) in [7, 11) is 0. The van der Waals surface area contributed by atoms with Crippen LogP contribution in [-0.2, 0) is 10.3 Å². The van der Waals surface area contributed by atoms with Gasteiger partial charge in [0.05, 0.1) is 6.10 Å². The molecule has 2 unspecified atom stereocenters. The van der Waals surface area contributed by atoms with Gasteiger partial charge in [0.2, 0.25) is 5.91 Å². The van der Waals surface area contributed by atoms with Crippen LogP contribution in [0.4, 0.5) is 5.69 Å². The predicted molar refractivity (Wildman–Crippen MR) is 93.4 cm³/mol. The van der Waals surface area contributed by atoms with Crippen LogP contribution >= 0.6 is 0 Å². The Kier molecular flexibility index (Phi) is 5.40. The van der Waals surface area contributed by atoms with Crippen molar-refractivity contribution in [2.75, 3.05) is 5.32 Å². The highest BCUT2D eigenvalue weighted by atomic mass is 16.5. The monoisotopic (exact) mass is 312 g/mol. The van der Waals surface area contributed by atoms with E-state index in [0.29, 0.717) is 5.69 Å². The maximum atomic E-state index is 12.5. The molecule has 0 aliphatic rings. The van der Waals surface area contributed by atoms with Crippen molar-refractivity contribution in [3.8, 4) is 5.75 Å². The van der Waals surface area contributed by atoms with Crippen LogP contribution in [-0.4, -0.2) is 12.0 Å². The number of hydrogen-bond acceptors (Lipinski definition) is 3. The number of carbonyl (C=O) groups excluding carboxylic acids is 1. The number of carbonyl (C=O) groups is 1. The standard InChI is InChI=1S/C19H24N2O2/c1-4-14(2)23-17-12-10-16(11-13-17)21-18(22)19(3,20)15-8-6-5-7-9-15/h5-14H,4,20H2,1-3H3,(H,21,22). The Hall–Kier alpha value is -2.33. The Balaban J connectivity index is 2.05. The zero-order valence-corrected chi connectivity index (χ0v) is 13.9. The number of amides is 1. The van der Waals surface area contributed by atoms with Crippen LogP contribution in [0, 0.1) is 0 Å². The Labute approximate surface area is 137 Å². The summed E-state index contributed by atoms with van der Waals surface area (Å²) in [5, 5.41) is 2.86. The minimum atomic E-state index is -1.09. The van der Waals surface area contributed by atoms with Crippen molar-refractivity contribution in [3.05, 3.63) is 60.2 Å². The van der Waals surface area contributed by atoms with Gasteiger partial charge in [0.1, 0.15) is 11.3 Å². The number of rotatable bonds is 6. The first-order valence-electron chi connectivity index (χ1n) is 7.86. The molecule has 2 atom stereocenters. The van der Waals surface area contributed by atoms with Gasteiger partial charge in [0.25, 0.3) is 0 Å². The number of nitrogens with one attached hydrogen (secondary N) is 1. The molecule has 2 aromatic rings. The fourth-order valence-electron chi connectivity index (χ4n) is 2.11. The first-order chi connectivity index (χ1) is 10.9. The summed E-state index contributed by atoms with van der Waals surface area (Å²) in [5.74, 6) is 0.537. The van der Waals surface area contributed by atoms with Crippen LogP contribution in [0.15, 0.2) is 54.6 Å². The fourth-order valence-corrected chi connectivity index (χ4v) is 2.11. The molecular weight excluding hydrogens is 288 g/mol. The summed E-state index contributed by atoms with van der Waals surface area (Å²) in [5.41, 5.74) is 6.58. The average Bonchev–Trinajstić information content (AvgIpc) is 2.57. The molecule has 0 saturated heterocycles. The van der Waals surface area contributed by atoms with Gasteiger partial charge in [0, 0.05) is 5.69 Å². The van der Waals surface area contributed by atoms with E-state index in [0.717, 1.165) is 17.7 Å². The number of anilines is 1. The van der Waals surface area contributed by atoms with Crippen LogP contribution in [0.3, 0.4) is 0 Å². The lowest BCUT2D eigenvalue weighted by Crippen LogP contribution is -2.45. The molecule has 0 fully saturated rings. The molecule has 0 heterocycles. The topological polar surface area (TPSA) is 64.3 Å². The summed E-state index contributed by atoms with van der Waals surface area (Å²) >= 11 is 0. The van der Waals surface area contributed by atoms with Gasteiger partial charge in [-0.1, -0.05) is 37.3 Å². The van der Waals surface area contributed by atoms with Crippen molar-refractivity contribution in [1.29, 1.82) is 0 Å². The zero-order chi connectivity index (χ0) is 16.9. The molecule has 0 radical (unpaired) electrons. The molecule has 0 aliphatic heterocycles. The quantitative estimate of drug-likeness (QED) is 0.855. The van der Waals surface area contributed by atoms with E-state index in [-0.39, 0.29) is 12.0 Å². The summed E-state index contributed by atoms with van der Waals surface area (Å²) < 4.78 is 5.72. The number of hydrogen-bond donors (Lipinski definition) is 2. The van der Waals surface area contributed by atoms with Crippen LogP contribution in [0.2, 0.25) is 0 Å². The van der Waals surface area contributed by atoms with Crippen molar-refractivity contribution >= 4 is 11.6 Å². The fraction of sp³-hybridized carbons (Fsp3) is 0.316. The SMILES string of the molecule is CCC(C)Oc1ccc(NC(=O)C(C)(N)c2ccccc2)cc1. The summed E-state index contributed by atoms with van der Waals surface area (Å²) in [6.45, 7) is 5.80. The van der Waals surface area contributed by atoms with Gasteiger partial charge in [0.15, 0.2) is 0 Å². The Morgan fingerprint density at radius 2 is 1.78 bits per heavy atom. The van der Waals surface area contributed by atoms with Crippen molar-refractivity contribution in [3.63, 3.8) is 0 Å². The van der Waals surface area contributed by atoms with Crippen LogP contribution < -0.4 is 15.8 Å². The summed E-state index contributed by atoms with van der Waals surface area (Å²) in [6.07, 6.45) is 1.11. The molecule has 0 aliphatic carbocycles. The highest BCUT2D eigenvalue weighted by Gasteiger charge is 2.30. The Morgan fingerprint density at radius 1 is 1.17 bits per heavy atom. The molecule has 3 N–H and O–H groups in total. The molecule has 4 nitrogen and oxygen atoms in total. The predicted octanol–water partition coefficient (Wildman–Crippen LogP) is 3.68. The number of benzene rings is 2. The third-order valence-corrected chi connectivity index (χ3v) is 3.87. The van der Waals surface area contributed by atoms with Crippen molar-refractivity contribution in [2.24, 2.45) is 5.73 Å². The van der Waals surface area contributed by atoms with Crippen LogP contribution in [0.5, 0.6) is 5.75 Å². The summed E-state index contributed by atoms with van der Waals surface area (Å²) in [4.78, 5) is 12.5. The molecule has 0 saturated carbocycles. The van der Waals surface area contributed by atoms with E-state index in [2.05, 4.69) is 12.2 Å². The molecule has 122 valence electrons. The molecule has 23 heavy (non-hydrogen) atoms. The minimum absolute atomic E-state index is 0.167. The first-order valence-corrected chi connectivity index (χ1v) is 7.86. The molecule has 0 bridgehead atoms. The highest BCUT2D eigenvalue weighted by Crippen LogP contribution is 2.22. The Bertz CT molecular complexity index is 636. The van der Waals surface area contributed by atoms with E-state index < -0.39 is 5.54 Å². The minimum Gasteiger partial charge on any atom is -0.491 e. The van der Waals surface area contributed by atoms with E-state index in [4.69, 9.17) is 10.5 Å². The van der Waals surface area contributed by atoms with E-state index in [1.807, 2.05) is 61.5 Å². The second-order valence-electron chi connectivity index (χ2n) is 5.88. The lowest BCUT2D eigenvalue weighted by molar-refractivity contribution is -0.120. The van der Waals surface area contributed by atoms with Gasteiger partial charge in [-0.3, -0.25) is 4.79 Å². The third kappa shape index (κ3) is 4.33. The van der Waals surface area contributed by atoms with Crippen LogP contribution in [0.1, 0.15) is 32.8 Å². The zero-order valence-electron chi connectivity index (χ0n) is 13.9. The highest BCUT2D eigenvalue weighted by molar-refractivity contribution is 5.98. The van der Waals surface area contributed by atoms with Crippen molar-refractivity contribution in [1.82, 2.24) is 0 Å². The molecule has 1 amide bonds. The smallest absolute Gasteiger partial charge is 0.248 e. The van der Waals surface area contributed by atoms with Crippen molar-refractivity contribution in [2.45, 2.75) is 38.8 Å². The van der Waals surface area contributed by atoms with Gasteiger partial charge in [-0.05, 0) is 50.1 Å². The molecule has 4 heteroatoms. The molecule has 0 aromatic heterocycles. The van der Waals surface area contributed by atoms with Gasteiger partial charge in [-0.25, -0.2) is 0 Å². The molecule has 2 aromatic carbocycles. The lowest BCUT2D eigenvalue weighted by Gasteiger charge is -2.24. The first kappa shape index (κ1) is 17.0. The maximum Gasteiger partial charge on any atom is 0.248 e. The number of ether oxygens (including phenoxy) is 1. The van der Waals surface area contributed by atoms with Gasteiger partial charge >= 0.3 is 0 Å². The van der Waals surface area contributed by atoms with Gasteiger partial charge in [-0.2, -0.15) is 0 Å². The van der Waals surface area contributed by atoms with E-state index in [1.165, 1.54) is 0 Å². The molecule has 2 rings (SSSR count). The largest absolute Gasteiger partial charge is 0.491 e. The normalized spacial score (nSPS) is 14.6. The van der Waals surface area contributed by atoms with E-state index in [9.17, 15) is 4.79 Å². The maximum absolute atomic E-state index is 12.5. The van der Waals surface area contributed by atoms with Crippen LogP contribution in [0.25, 0.3) is 0 Å². The van der Waals surface area contributed by atoms with E-state index in [1.54, 1.807) is 6.92 Å². The van der Waals surface area contributed by atoms with Gasteiger partial charge < -0.3 is 15.8 Å². The van der Waals surface area contributed by atoms with E-state index >= 15 is 0 Å². The van der Waals surface area contributed by atoms with Crippen molar-refractivity contribution < 1.29 is 9.53 Å². The second-order valence-corrected chi connectivity index (χ2v) is 5.88. The van der Waals surface area contributed by atoms with Gasteiger partial charge in [-0.15, -0.1) is 0 Å². The second kappa shape index (κ2) is 7.29. The summed E-state index contributed by atoms with van der Waals surface area (Å²) in [6, 6.07) is 16.7. The molecular formula is C19H24N2O2. The third-order valence-electron chi connectivity index (χ3n) is 3.87.